The van der Waals surface area contributed by atoms with Gasteiger partial charge in [-0.2, -0.15) is 0 Å². The molecule has 3 saturated heterocycles. The van der Waals surface area contributed by atoms with Crippen LogP contribution < -0.4 is 0 Å². The molecule has 0 aliphatic carbocycles. The number of ether oxygens (including phenoxy) is 5. The first-order valence-electron chi connectivity index (χ1n) is 15.4. The fourth-order valence-electron chi connectivity index (χ4n) is 7.09. The Morgan fingerprint density at radius 3 is 2.33 bits per heavy atom. The summed E-state index contributed by atoms with van der Waals surface area (Å²) in [6.07, 6.45) is -2.67. The number of aliphatic hydroxyl groups is 2. The maximum absolute atomic E-state index is 13.2. The third kappa shape index (κ3) is 7.45. The molecule has 0 aromatic heterocycles. The first-order valence-corrected chi connectivity index (χ1v) is 17.8. The lowest BCUT2D eigenvalue weighted by Gasteiger charge is -2.61. The first-order chi connectivity index (χ1) is 20.8. The largest absolute Gasteiger partial charge is 0.506 e. The number of cyclic esters (lactones) is 1. The van der Waals surface area contributed by atoms with Crippen molar-refractivity contribution in [3.63, 3.8) is 0 Å². The van der Waals surface area contributed by atoms with Crippen LogP contribution >= 0.6 is 47.8 Å². The van der Waals surface area contributed by atoms with Crippen molar-refractivity contribution in [2.45, 2.75) is 122 Å². The van der Waals surface area contributed by atoms with E-state index >= 15 is 0 Å². The predicted molar refractivity (Wildman–Crippen MR) is 175 cm³/mol. The number of benzene rings is 1. The van der Waals surface area contributed by atoms with Crippen molar-refractivity contribution in [3.8, 4) is 5.75 Å². The van der Waals surface area contributed by atoms with E-state index in [0.717, 1.165) is 10.0 Å². The molecule has 45 heavy (non-hydrogen) atoms. The van der Waals surface area contributed by atoms with Crippen molar-refractivity contribution >= 4 is 59.7 Å². The number of aromatic hydroxyl groups is 1. The molecule has 3 aliphatic rings. The summed E-state index contributed by atoms with van der Waals surface area (Å²) in [5.74, 6) is -5.38. The monoisotopic (exact) mass is 826 g/mol. The van der Waals surface area contributed by atoms with E-state index < -0.39 is 65.7 Å². The highest BCUT2D eigenvalue weighted by Gasteiger charge is 2.64. The van der Waals surface area contributed by atoms with Gasteiger partial charge in [-0.1, -0.05) is 50.5 Å². The van der Waals surface area contributed by atoms with E-state index in [1.165, 1.54) is 6.92 Å². The fraction of sp³-hybridized carbons (Fsp3) is 0.750. The zero-order valence-corrected chi connectivity index (χ0v) is 31.5. The predicted octanol–water partition coefficient (Wildman–Crippen LogP) is 6.67. The second-order valence-electron chi connectivity index (χ2n) is 13.7. The smallest absolute Gasteiger partial charge is 0.311 e. The maximum Gasteiger partial charge on any atom is 0.311 e. The van der Waals surface area contributed by atoms with Crippen LogP contribution in [0.1, 0.15) is 91.7 Å². The Morgan fingerprint density at radius 1 is 1.04 bits per heavy atom. The molecule has 3 bridgehead atoms. The topological polar surface area (TPSA) is 141 Å². The fourth-order valence-corrected chi connectivity index (χ4v) is 9.73. The molecule has 0 radical (unpaired) electrons. The number of hydrogen-bond donors (Lipinski definition) is 3. The molecule has 3 fully saturated rings. The summed E-state index contributed by atoms with van der Waals surface area (Å²) in [6.45, 7) is 11.3. The third-order valence-electron chi connectivity index (χ3n) is 9.96. The van der Waals surface area contributed by atoms with Crippen LogP contribution in [0.2, 0.25) is 0 Å². The number of phenols is 1. The minimum atomic E-state index is -1.90. The van der Waals surface area contributed by atoms with Crippen LogP contribution in [-0.4, -0.2) is 70.4 Å². The number of halogens is 3. The van der Waals surface area contributed by atoms with E-state index in [1.54, 1.807) is 13.2 Å². The van der Waals surface area contributed by atoms with Gasteiger partial charge in [0.25, 0.3) is 0 Å². The molecule has 0 saturated carbocycles. The van der Waals surface area contributed by atoms with Gasteiger partial charge in [0.2, 0.25) is 0 Å². The molecule has 10 nitrogen and oxygen atoms in total. The zero-order valence-electron chi connectivity index (χ0n) is 26.8. The van der Waals surface area contributed by atoms with Crippen molar-refractivity contribution in [2.24, 2.45) is 23.2 Å². The standard InChI is InChI=1S/C32H45Br3O10/c1-15(8-9-21(41-7)26-19(33)10-20(34)28(39)27(26)35)29-17(3)23-13-32(44-29)30(5,6)12-16(2)31(40,45-32)14-25(38)42-22(18(4)36)11-24(37)43-23/h10,15-18,21-23,29,36,39-40H,8-9,11-14H2,1-7H3/t15-,16+,17-,18+,21-,22+,23-,29-,31-,32-/m0/s1. The number of methoxy groups -OCH3 is 1. The van der Waals surface area contributed by atoms with Crippen LogP contribution in [0.5, 0.6) is 5.75 Å². The minimum Gasteiger partial charge on any atom is -0.506 e. The van der Waals surface area contributed by atoms with Crippen LogP contribution in [0.15, 0.2) is 19.5 Å². The van der Waals surface area contributed by atoms with Crippen LogP contribution in [0.3, 0.4) is 0 Å². The van der Waals surface area contributed by atoms with Gasteiger partial charge < -0.3 is 39.0 Å². The van der Waals surface area contributed by atoms with Crippen molar-refractivity contribution in [2.75, 3.05) is 7.11 Å². The number of aliphatic hydroxyl groups excluding tert-OH is 1. The van der Waals surface area contributed by atoms with E-state index in [4.69, 9.17) is 23.7 Å². The third-order valence-corrected chi connectivity index (χ3v) is 12.0. The van der Waals surface area contributed by atoms with Gasteiger partial charge in [-0.25, -0.2) is 0 Å². The number of carbonyl (C=O) groups is 2. The highest BCUT2D eigenvalue weighted by atomic mass is 79.9. The van der Waals surface area contributed by atoms with Crippen molar-refractivity contribution < 1.29 is 48.6 Å². The zero-order chi connectivity index (χ0) is 33.6. The lowest BCUT2D eigenvalue weighted by Crippen LogP contribution is -2.68. The molecule has 3 heterocycles. The number of fused-ring (bicyclic) bond motifs is 2. The molecule has 10 atom stereocenters. The summed E-state index contributed by atoms with van der Waals surface area (Å²) >= 11 is 10.5. The lowest BCUT2D eigenvalue weighted by molar-refractivity contribution is -0.452. The van der Waals surface area contributed by atoms with Gasteiger partial charge in [0.05, 0.1) is 40.1 Å². The van der Waals surface area contributed by atoms with Gasteiger partial charge >= 0.3 is 11.9 Å². The molecule has 4 rings (SSSR count). The van der Waals surface area contributed by atoms with Crippen molar-refractivity contribution in [1.82, 2.24) is 0 Å². The Morgan fingerprint density at radius 2 is 1.71 bits per heavy atom. The molecular weight excluding hydrogens is 784 g/mol. The van der Waals surface area contributed by atoms with Gasteiger partial charge in [-0.15, -0.1) is 0 Å². The number of hydrogen-bond acceptors (Lipinski definition) is 10. The Balaban J connectivity index is 1.68. The highest BCUT2D eigenvalue weighted by molar-refractivity contribution is 9.11. The van der Waals surface area contributed by atoms with E-state index in [0.29, 0.717) is 28.2 Å². The summed E-state index contributed by atoms with van der Waals surface area (Å²) in [5.41, 5.74) is 0.147. The van der Waals surface area contributed by atoms with E-state index in [1.807, 2.05) is 27.7 Å². The number of phenolic OH excluding ortho intramolecular Hbond substituents is 1. The highest BCUT2D eigenvalue weighted by Crippen LogP contribution is 2.57. The Bertz CT molecular complexity index is 1270. The molecule has 3 N–H and O–H groups in total. The summed E-state index contributed by atoms with van der Waals surface area (Å²) in [7, 11) is 1.62. The minimum absolute atomic E-state index is 0.0763. The average Bonchev–Trinajstić information content (AvgIpc) is 2.93. The Labute approximate surface area is 290 Å². The van der Waals surface area contributed by atoms with Gasteiger partial charge in [-0.3, -0.25) is 9.59 Å². The summed E-state index contributed by atoms with van der Waals surface area (Å²) in [6, 6.07) is 1.78. The van der Waals surface area contributed by atoms with Crippen LogP contribution in [-0.2, 0) is 33.3 Å². The molecule has 1 aromatic carbocycles. The Kier molecular flexibility index (Phi) is 11.5. The number of carbonyl (C=O) groups excluding carboxylic acids is 2. The molecule has 0 amide bonds. The molecule has 3 aliphatic heterocycles. The van der Waals surface area contributed by atoms with Gasteiger partial charge in [0, 0.05) is 40.8 Å². The van der Waals surface area contributed by atoms with Crippen molar-refractivity contribution in [3.05, 3.63) is 25.0 Å². The van der Waals surface area contributed by atoms with Gasteiger partial charge in [0.15, 0.2) is 11.6 Å². The van der Waals surface area contributed by atoms with Crippen molar-refractivity contribution in [1.29, 1.82) is 0 Å². The maximum atomic E-state index is 13.2. The van der Waals surface area contributed by atoms with E-state index in [-0.39, 0.29) is 36.5 Å². The van der Waals surface area contributed by atoms with Gasteiger partial charge in [-0.05, 0) is 70.0 Å². The van der Waals surface area contributed by atoms with Gasteiger partial charge in [0.1, 0.15) is 18.0 Å². The lowest BCUT2D eigenvalue weighted by atomic mass is 9.66. The average molecular weight is 829 g/mol. The molecule has 1 aromatic rings. The van der Waals surface area contributed by atoms with E-state index in [9.17, 15) is 24.9 Å². The molecular formula is C32H45Br3O10. The molecule has 0 unspecified atom stereocenters. The summed E-state index contributed by atoms with van der Waals surface area (Å²) in [5, 5.41) is 32.6. The molecule has 1 spiro atoms. The van der Waals surface area contributed by atoms with E-state index in [2.05, 4.69) is 54.7 Å². The quantitative estimate of drug-likeness (QED) is 0.255. The number of rotatable bonds is 7. The Hall–Kier alpha value is -0.800. The molecule has 254 valence electrons. The summed E-state index contributed by atoms with van der Waals surface area (Å²) < 4.78 is 32.7. The molecule has 13 heteroatoms. The second-order valence-corrected chi connectivity index (χ2v) is 16.2. The van der Waals surface area contributed by atoms with Crippen LogP contribution in [0.4, 0.5) is 0 Å². The van der Waals surface area contributed by atoms with Crippen LogP contribution in [0.25, 0.3) is 0 Å². The summed E-state index contributed by atoms with van der Waals surface area (Å²) in [4.78, 5) is 26.2. The number of esters is 2. The first kappa shape index (κ1) is 37.0. The second kappa shape index (κ2) is 14.0. The van der Waals surface area contributed by atoms with Crippen LogP contribution in [0, 0.1) is 23.2 Å². The normalized spacial score (nSPS) is 35.7. The SMILES string of the molecule is CO[C@@H](CC[C@H](C)[C@@H]1O[C@@]23C[C@H](OC(=O)C[C@H]([C@@H](C)O)OC(=O)C[C@](O)(O2)[C@H](C)CC3(C)C)[C@@H]1C)c1c(Br)cc(Br)c(O)c1Br.